The summed E-state index contributed by atoms with van der Waals surface area (Å²) in [5.74, 6) is 1.41. The molecule has 0 amide bonds. The molecule has 94 valence electrons. The number of hydrogen-bond acceptors (Lipinski definition) is 3. The third-order valence-corrected chi connectivity index (χ3v) is 3.24. The lowest BCUT2D eigenvalue weighted by atomic mass is 10.1. The summed E-state index contributed by atoms with van der Waals surface area (Å²) in [6.07, 6.45) is 1.11. The van der Waals surface area contributed by atoms with Gasteiger partial charge in [-0.25, -0.2) is 0 Å². The molecule has 0 spiro atoms. The SMILES string of the molecule is CCOc1cccc(CN2CCC(CO)C2)c1. The van der Waals surface area contributed by atoms with Crippen molar-refractivity contribution in [2.75, 3.05) is 26.3 Å². The first-order chi connectivity index (χ1) is 8.31. The van der Waals surface area contributed by atoms with Gasteiger partial charge >= 0.3 is 0 Å². The van der Waals surface area contributed by atoms with Crippen LogP contribution in [0.3, 0.4) is 0 Å². The molecule has 17 heavy (non-hydrogen) atoms. The average molecular weight is 235 g/mol. The molecular formula is C14H21NO2. The highest BCUT2D eigenvalue weighted by atomic mass is 16.5. The minimum absolute atomic E-state index is 0.315. The first-order valence-electron chi connectivity index (χ1n) is 6.36. The minimum atomic E-state index is 0.315. The predicted molar refractivity (Wildman–Crippen MR) is 68.1 cm³/mol. The summed E-state index contributed by atoms with van der Waals surface area (Å²) in [6.45, 7) is 6.07. The van der Waals surface area contributed by atoms with Gasteiger partial charge in [0.2, 0.25) is 0 Å². The monoisotopic (exact) mass is 235 g/mol. The van der Waals surface area contributed by atoms with Gasteiger partial charge in [0.15, 0.2) is 0 Å². The van der Waals surface area contributed by atoms with Gasteiger partial charge in [-0.3, -0.25) is 4.90 Å². The lowest BCUT2D eigenvalue weighted by Crippen LogP contribution is -2.20. The Hall–Kier alpha value is -1.06. The molecule has 1 heterocycles. The molecule has 1 aromatic rings. The molecule has 1 aliphatic heterocycles. The lowest BCUT2D eigenvalue weighted by Gasteiger charge is -2.16. The van der Waals surface area contributed by atoms with E-state index in [0.29, 0.717) is 19.1 Å². The quantitative estimate of drug-likeness (QED) is 0.846. The summed E-state index contributed by atoms with van der Waals surface area (Å²) >= 11 is 0. The van der Waals surface area contributed by atoms with Crippen LogP contribution in [0.5, 0.6) is 5.75 Å². The van der Waals surface area contributed by atoms with Crippen molar-refractivity contribution in [2.24, 2.45) is 5.92 Å². The molecule has 1 atom stereocenters. The molecule has 3 heteroatoms. The number of aliphatic hydroxyl groups excluding tert-OH is 1. The Morgan fingerprint density at radius 2 is 2.35 bits per heavy atom. The van der Waals surface area contributed by atoms with E-state index in [9.17, 15) is 0 Å². The highest BCUT2D eigenvalue weighted by molar-refractivity contribution is 5.28. The molecule has 1 aromatic carbocycles. The smallest absolute Gasteiger partial charge is 0.119 e. The van der Waals surface area contributed by atoms with Gasteiger partial charge in [0.1, 0.15) is 5.75 Å². The van der Waals surface area contributed by atoms with Crippen LogP contribution in [-0.4, -0.2) is 36.3 Å². The van der Waals surface area contributed by atoms with Crippen LogP contribution in [0.2, 0.25) is 0 Å². The normalized spacial score (nSPS) is 20.7. The third-order valence-electron chi connectivity index (χ3n) is 3.24. The van der Waals surface area contributed by atoms with Crippen LogP contribution in [0.4, 0.5) is 0 Å². The summed E-state index contributed by atoms with van der Waals surface area (Å²) in [5.41, 5.74) is 1.29. The van der Waals surface area contributed by atoms with Gasteiger partial charge < -0.3 is 9.84 Å². The van der Waals surface area contributed by atoms with Crippen molar-refractivity contribution in [3.63, 3.8) is 0 Å². The van der Waals surface area contributed by atoms with Crippen molar-refractivity contribution < 1.29 is 9.84 Å². The number of nitrogens with zero attached hydrogens (tertiary/aromatic N) is 1. The Balaban J connectivity index is 1.92. The van der Waals surface area contributed by atoms with Crippen LogP contribution in [-0.2, 0) is 6.54 Å². The molecule has 1 aliphatic rings. The fraction of sp³-hybridized carbons (Fsp3) is 0.571. The Bertz CT molecular complexity index is 354. The zero-order valence-electron chi connectivity index (χ0n) is 10.4. The van der Waals surface area contributed by atoms with E-state index in [1.54, 1.807) is 0 Å². The zero-order chi connectivity index (χ0) is 12.1. The van der Waals surface area contributed by atoms with Crippen LogP contribution in [0.1, 0.15) is 18.9 Å². The second kappa shape index (κ2) is 6.03. The van der Waals surface area contributed by atoms with Crippen LogP contribution in [0.15, 0.2) is 24.3 Å². The highest BCUT2D eigenvalue weighted by Crippen LogP contribution is 2.20. The number of rotatable bonds is 5. The van der Waals surface area contributed by atoms with E-state index >= 15 is 0 Å². The Morgan fingerprint density at radius 3 is 3.06 bits per heavy atom. The predicted octanol–water partition coefficient (Wildman–Crippen LogP) is 1.90. The van der Waals surface area contributed by atoms with E-state index in [-0.39, 0.29) is 0 Å². The maximum atomic E-state index is 9.12. The first-order valence-corrected chi connectivity index (χ1v) is 6.36. The summed E-state index contributed by atoms with van der Waals surface area (Å²) in [6, 6.07) is 8.28. The molecule has 1 fully saturated rings. The maximum Gasteiger partial charge on any atom is 0.119 e. The van der Waals surface area contributed by atoms with Crippen molar-refractivity contribution in [1.29, 1.82) is 0 Å². The molecule has 1 N–H and O–H groups in total. The molecular weight excluding hydrogens is 214 g/mol. The summed E-state index contributed by atoms with van der Waals surface area (Å²) in [5, 5.41) is 9.12. The molecule has 1 saturated heterocycles. The molecule has 0 aliphatic carbocycles. The summed E-state index contributed by atoms with van der Waals surface area (Å²) in [4.78, 5) is 2.39. The molecule has 0 saturated carbocycles. The van der Waals surface area contributed by atoms with Crippen molar-refractivity contribution in [3.05, 3.63) is 29.8 Å². The van der Waals surface area contributed by atoms with Gasteiger partial charge in [0.05, 0.1) is 6.61 Å². The van der Waals surface area contributed by atoms with Crippen LogP contribution >= 0.6 is 0 Å². The van der Waals surface area contributed by atoms with E-state index in [1.807, 2.05) is 19.1 Å². The number of hydrogen-bond donors (Lipinski definition) is 1. The van der Waals surface area contributed by atoms with Gasteiger partial charge in [0, 0.05) is 19.7 Å². The second-order valence-electron chi connectivity index (χ2n) is 4.65. The van der Waals surface area contributed by atoms with E-state index in [4.69, 9.17) is 9.84 Å². The fourth-order valence-electron chi connectivity index (χ4n) is 2.36. The molecule has 0 aromatic heterocycles. The first kappa shape index (κ1) is 12.4. The topological polar surface area (TPSA) is 32.7 Å². The van der Waals surface area contributed by atoms with Gasteiger partial charge in [-0.2, -0.15) is 0 Å². The summed E-state index contributed by atoms with van der Waals surface area (Å²) in [7, 11) is 0. The number of aliphatic hydroxyl groups is 1. The van der Waals surface area contributed by atoms with E-state index in [1.165, 1.54) is 5.56 Å². The highest BCUT2D eigenvalue weighted by Gasteiger charge is 2.21. The summed E-state index contributed by atoms with van der Waals surface area (Å²) < 4.78 is 5.49. The molecule has 2 rings (SSSR count). The molecule has 1 unspecified atom stereocenters. The van der Waals surface area contributed by atoms with Crippen LogP contribution < -0.4 is 4.74 Å². The van der Waals surface area contributed by atoms with Crippen LogP contribution in [0, 0.1) is 5.92 Å². The second-order valence-corrected chi connectivity index (χ2v) is 4.65. The molecule has 0 radical (unpaired) electrons. The molecule has 0 bridgehead atoms. The van der Waals surface area contributed by atoms with Crippen molar-refractivity contribution >= 4 is 0 Å². The Labute approximate surface area is 103 Å². The number of likely N-dealkylation sites (tertiary alicyclic amines) is 1. The fourth-order valence-corrected chi connectivity index (χ4v) is 2.36. The largest absolute Gasteiger partial charge is 0.494 e. The third kappa shape index (κ3) is 3.45. The molecule has 3 nitrogen and oxygen atoms in total. The average Bonchev–Trinajstić information content (AvgIpc) is 2.78. The Kier molecular flexibility index (Phi) is 4.40. The Morgan fingerprint density at radius 1 is 1.47 bits per heavy atom. The van der Waals surface area contributed by atoms with Gasteiger partial charge in [-0.05, 0) is 43.5 Å². The van der Waals surface area contributed by atoms with E-state index in [0.717, 1.165) is 31.8 Å². The van der Waals surface area contributed by atoms with Gasteiger partial charge in [0.25, 0.3) is 0 Å². The van der Waals surface area contributed by atoms with Gasteiger partial charge in [-0.15, -0.1) is 0 Å². The van der Waals surface area contributed by atoms with Crippen molar-refractivity contribution in [3.8, 4) is 5.75 Å². The number of ether oxygens (including phenoxy) is 1. The van der Waals surface area contributed by atoms with Crippen molar-refractivity contribution in [1.82, 2.24) is 4.90 Å². The minimum Gasteiger partial charge on any atom is -0.494 e. The van der Waals surface area contributed by atoms with Crippen LogP contribution in [0.25, 0.3) is 0 Å². The standard InChI is InChI=1S/C14H21NO2/c1-2-17-14-5-3-4-12(8-14)9-15-7-6-13(10-15)11-16/h3-5,8,13,16H,2,6-7,9-11H2,1H3. The lowest BCUT2D eigenvalue weighted by molar-refractivity contribution is 0.220. The van der Waals surface area contributed by atoms with Crippen molar-refractivity contribution in [2.45, 2.75) is 19.9 Å². The maximum absolute atomic E-state index is 9.12. The van der Waals surface area contributed by atoms with E-state index in [2.05, 4.69) is 17.0 Å². The number of benzene rings is 1. The zero-order valence-corrected chi connectivity index (χ0v) is 10.4. The van der Waals surface area contributed by atoms with E-state index < -0.39 is 0 Å². The van der Waals surface area contributed by atoms with Gasteiger partial charge in [-0.1, -0.05) is 12.1 Å².